The Labute approximate surface area is 184 Å². The lowest BCUT2D eigenvalue weighted by Gasteiger charge is -2.12. The maximum Gasteiger partial charge on any atom is 0.302 e. The van der Waals surface area contributed by atoms with Gasteiger partial charge < -0.3 is 14.5 Å². The van der Waals surface area contributed by atoms with E-state index in [1.54, 1.807) is 24.3 Å². The number of nitrogens with zero attached hydrogens (tertiary/aromatic N) is 1. The lowest BCUT2D eigenvalue weighted by atomic mass is 10.1. The van der Waals surface area contributed by atoms with E-state index in [-0.39, 0.29) is 17.8 Å². The molecule has 4 aromatic rings. The maximum atomic E-state index is 12.7. The number of aryl methyl sites for hydroxylation is 2. The first-order valence-electron chi connectivity index (χ1n) is 10.3. The van der Waals surface area contributed by atoms with E-state index >= 15 is 0 Å². The zero-order valence-corrected chi connectivity index (χ0v) is 17.6. The van der Waals surface area contributed by atoms with E-state index in [1.807, 2.05) is 50.2 Å². The average Bonchev–Trinajstić information content (AvgIpc) is 3.38. The molecule has 0 aliphatic carbocycles. The van der Waals surface area contributed by atoms with Crippen LogP contribution in [0.3, 0.4) is 0 Å². The second kappa shape index (κ2) is 7.85. The monoisotopic (exact) mass is 427 g/mol. The number of nitrogens with one attached hydrogen (secondary N) is 2. The number of benzene rings is 3. The van der Waals surface area contributed by atoms with Crippen molar-refractivity contribution in [2.75, 3.05) is 10.6 Å². The Morgan fingerprint density at radius 2 is 1.84 bits per heavy atom. The molecule has 1 aliphatic rings. The molecule has 0 fully saturated rings. The summed E-state index contributed by atoms with van der Waals surface area (Å²) >= 11 is 0. The molecule has 2 N–H and O–H groups in total. The molecule has 7 heteroatoms. The Balaban J connectivity index is 1.28. The summed E-state index contributed by atoms with van der Waals surface area (Å²) in [4.78, 5) is 29.7. The number of aromatic nitrogens is 1. The summed E-state index contributed by atoms with van der Waals surface area (Å²) in [7, 11) is 0. The first kappa shape index (κ1) is 19.8. The topological polar surface area (TPSA) is 93.5 Å². The van der Waals surface area contributed by atoms with Gasteiger partial charge in [-0.3, -0.25) is 14.9 Å². The van der Waals surface area contributed by atoms with Gasteiger partial charge in [-0.2, -0.15) is 4.98 Å². The molecular formula is C25H21N3O4. The summed E-state index contributed by atoms with van der Waals surface area (Å²) in [6, 6.07) is 18.3. The third kappa shape index (κ3) is 3.80. The van der Waals surface area contributed by atoms with Gasteiger partial charge in [-0.1, -0.05) is 30.3 Å². The van der Waals surface area contributed by atoms with Gasteiger partial charge in [0.05, 0.1) is 0 Å². The van der Waals surface area contributed by atoms with Crippen LogP contribution in [0.15, 0.2) is 65.1 Å². The number of hydrogen-bond acceptors (Lipinski definition) is 5. The highest BCUT2D eigenvalue weighted by Crippen LogP contribution is 2.29. The fourth-order valence-electron chi connectivity index (χ4n) is 3.89. The predicted molar refractivity (Wildman–Crippen MR) is 121 cm³/mol. The maximum absolute atomic E-state index is 12.7. The van der Waals surface area contributed by atoms with Gasteiger partial charge in [0.1, 0.15) is 11.3 Å². The third-order valence-corrected chi connectivity index (χ3v) is 5.37. The van der Waals surface area contributed by atoms with E-state index < -0.39 is 6.10 Å². The molecule has 3 aromatic carbocycles. The van der Waals surface area contributed by atoms with Crippen molar-refractivity contribution in [2.45, 2.75) is 26.4 Å². The molecule has 0 spiro atoms. The molecule has 1 unspecified atom stereocenters. The van der Waals surface area contributed by atoms with Crippen LogP contribution in [0, 0.1) is 13.8 Å². The van der Waals surface area contributed by atoms with Crippen molar-refractivity contribution in [1.29, 1.82) is 0 Å². The molecule has 0 saturated heterocycles. The fraction of sp³-hybridized carbons (Fsp3) is 0.160. The molecule has 0 bridgehead atoms. The highest BCUT2D eigenvalue weighted by Gasteiger charge is 2.28. The van der Waals surface area contributed by atoms with Gasteiger partial charge in [0.2, 0.25) is 0 Å². The largest absolute Gasteiger partial charge is 0.480 e. The Bertz CT molecular complexity index is 1330. The van der Waals surface area contributed by atoms with Crippen molar-refractivity contribution >= 4 is 34.6 Å². The molecule has 2 amide bonds. The standard InChI is InChI=1S/C25H21N3O4/c1-14-10-15(2)22-19(11-14)27-25(32-22)28-23(29)17-7-5-8-18(12-17)26-24(30)21-13-16-6-3-4-9-20(16)31-21/h3-12,21H,13H2,1-2H3,(H,26,30)(H,27,28,29). The molecule has 1 aliphatic heterocycles. The molecule has 2 heterocycles. The van der Waals surface area contributed by atoms with Crippen LogP contribution in [0.5, 0.6) is 5.75 Å². The summed E-state index contributed by atoms with van der Waals surface area (Å²) in [5.74, 6) is 0.0830. The van der Waals surface area contributed by atoms with E-state index in [0.717, 1.165) is 22.4 Å². The number of hydrogen-bond donors (Lipinski definition) is 2. The van der Waals surface area contributed by atoms with Crippen LogP contribution in [0.1, 0.15) is 27.0 Å². The van der Waals surface area contributed by atoms with E-state index in [2.05, 4.69) is 15.6 Å². The SMILES string of the molecule is Cc1cc(C)c2oc(NC(=O)c3cccc(NC(=O)C4Cc5ccccc5O4)c3)nc2c1. The number of ether oxygens (including phenoxy) is 1. The minimum atomic E-state index is -0.601. The van der Waals surface area contributed by atoms with Crippen molar-refractivity contribution in [2.24, 2.45) is 0 Å². The van der Waals surface area contributed by atoms with Gasteiger partial charge in [0.15, 0.2) is 11.7 Å². The van der Waals surface area contributed by atoms with Gasteiger partial charge in [-0.25, -0.2) is 0 Å². The van der Waals surface area contributed by atoms with Gasteiger partial charge in [-0.05, 0) is 60.9 Å². The summed E-state index contributed by atoms with van der Waals surface area (Å²) in [6.07, 6.45) is -0.0879. The molecule has 7 nitrogen and oxygen atoms in total. The Morgan fingerprint density at radius 1 is 1.00 bits per heavy atom. The molecular weight excluding hydrogens is 406 g/mol. The van der Waals surface area contributed by atoms with E-state index in [0.29, 0.717) is 28.8 Å². The third-order valence-electron chi connectivity index (χ3n) is 5.37. The lowest BCUT2D eigenvalue weighted by molar-refractivity contribution is -0.122. The molecule has 0 saturated carbocycles. The normalized spacial score (nSPS) is 14.6. The number of carbonyl (C=O) groups is 2. The summed E-state index contributed by atoms with van der Waals surface area (Å²) in [5, 5.41) is 5.52. The van der Waals surface area contributed by atoms with E-state index in [4.69, 9.17) is 9.15 Å². The van der Waals surface area contributed by atoms with E-state index in [9.17, 15) is 9.59 Å². The number of fused-ring (bicyclic) bond motifs is 2. The van der Waals surface area contributed by atoms with Gasteiger partial charge in [0, 0.05) is 17.7 Å². The van der Waals surface area contributed by atoms with Gasteiger partial charge in [-0.15, -0.1) is 0 Å². The highest BCUT2D eigenvalue weighted by atomic mass is 16.5. The number of amides is 2. The van der Waals surface area contributed by atoms with Crippen molar-refractivity contribution in [3.63, 3.8) is 0 Å². The first-order valence-corrected chi connectivity index (χ1v) is 10.3. The van der Waals surface area contributed by atoms with Crippen LogP contribution in [-0.2, 0) is 11.2 Å². The predicted octanol–water partition coefficient (Wildman–Crippen LogP) is 4.64. The molecule has 32 heavy (non-hydrogen) atoms. The van der Waals surface area contributed by atoms with Crippen LogP contribution >= 0.6 is 0 Å². The Hall–Kier alpha value is -4.13. The van der Waals surface area contributed by atoms with Crippen molar-refractivity contribution in [3.8, 4) is 5.75 Å². The Kier molecular flexibility index (Phi) is 4.86. The van der Waals surface area contributed by atoms with Crippen LogP contribution in [-0.4, -0.2) is 22.9 Å². The number of para-hydroxylation sites is 1. The van der Waals surface area contributed by atoms with Crippen LogP contribution in [0.2, 0.25) is 0 Å². The summed E-state index contributed by atoms with van der Waals surface area (Å²) in [5.41, 5.74) is 5.23. The van der Waals surface area contributed by atoms with Crippen LogP contribution in [0.25, 0.3) is 11.1 Å². The first-order chi connectivity index (χ1) is 15.5. The zero-order chi connectivity index (χ0) is 22.2. The highest BCUT2D eigenvalue weighted by molar-refractivity contribution is 6.05. The van der Waals surface area contributed by atoms with Crippen LogP contribution < -0.4 is 15.4 Å². The second-order valence-electron chi connectivity index (χ2n) is 7.89. The van der Waals surface area contributed by atoms with Crippen LogP contribution in [0.4, 0.5) is 11.7 Å². The molecule has 160 valence electrons. The van der Waals surface area contributed by atoms with Gasteiger partial charge >= 0.3 is 6.01 Å². The quantitative estimate of drug-likeness (QED) is 0.495. The second-order valence-corrected chi connectivity index (χ2v) is 7.89. The lowest BCUT2D eigenvalue weighted by Crippen LogP contribution is -2.31. The zero-order valence-electron chi connectivity index (χ0n) is 17.6. The number of rotatable bonds is 4. The molecule has 0 radical (unpaired) electrons. The van der Waals surface area contributed by atoms with Crippen molar-refractivity contribution in [1.82, 2.24) is 4.98 Å². The average molecular weight is 427 g/mol. The number of anilines is 2. The molecule has 1 atom stereocenters. The number of oxazole rings is 1. The van der Waals surface area contributed by atoms with Gasteiger partial charge in [0.25, 0.3) is 11.8 Å². The fourth-order valence-corrected chi connectivity index (χ4v) is 3.89. The minimum absolute atomic E-state index is 0.130. The smallest absolute Gasteiger partial charge is 0.302 e. The van der Waals surface area contributed by atoms with Crippen molar-refractivity contribution in [3.05, 3.63) is 82.9 Å². The number of carbonyl (C=O) groups excluding carboxylic acids is 2. The van der Waals surface area contributed by atoms with E-state index in [1.165, 1.54) is 0 Å². The molecule has 1 aromatic heterocycles. The summed E-state index contributed by atoms with van der Waals surface area (Å²) in [6.45, 7) is 3.92. The molecule has 5 rings (SSSR count). The Morgan fingerprint density at radius 3 is 2.69 bits per heavy atom. The minimum Gasteiger partial charge on any atom is -0.480 e. The van der Waals surface area contributed by atoms with Crippen molar-refractivity contribution < 1.29 is 18.7 Å². The summed E-state index contributed by atoms with van der Waals surface area (Å²) < 4.78 is 11.4.